The molecule has 0 aliphatic heterocycles. The maximum absolute atomic E-state index is 6.37. The van der Waals surface area contributed by atoms with Crippen LogP contribution in [0.4, 0.5) is 0 Å². The third kappa shape index (κ3) is 4.77. The van der Waals surface area contributed by atoms with Crippen molar-refractivity contribution in [3.05, 3.63) is 22.7 Å². The molecule has 1 aromatic carbocycles. The number of methoxy groups -OCH3 is 2. The second-order valence-corrected chi connectivity index (χ2v) is 5.71. The molecule has 1 aliphatic carbocycles. The van der Waals surface area contributed by atoms with Gasteiger partial charge in [0, 0.05) is 20.2 Å². The van der Waals surface area contributed by atoms with E-state index in [1.165, 1.54) is 12.8 Å². The molecule has 0 amide bonds. The van der Waals surface area contributed by atoms with Gasteiger partial charge >= 0.3 is 0 Å². The zero-order chi connectivity index (χ0) is 15.1. The molecule has 4 nitrogen and oxygen atoms in total. The standard InChI is InChI=1S/C16H24ClNO3/c1-19-8-7-18-11-12-9-14(17)16(15(10-12)20-2)21-13-5-3-4-6-13/h9-10,13,18H,3-8,11H2,1-2H3. The molecule has 0 bridgehead atoms. The second-order valence-electron chi connectivity index (χ2n) is 5.30. The molecule has 0 aromatic heterocycles. The van der Waals surface area contributed by atoms with Crippen LogP contribution in [0.3, 0.4) is 0 Å². The summed E-state index contributed by atoms with van der Waals surface area (Å²) in [7, 11) is 3.34. The molecule has 5 heteroatoms. The van der Waals surface area contributed by atoms with Gasteiger partial charge in [0.1, 0.15) is 0 Å². The summed E-state index contributed by atoms with van der Waals surface area (Å²) < 4.78 is 16.5. The Morgan fingerprint density at radius 1 is 1.24 bits per heavy atom. The SMILES string of the molecule is COCCNCc1cc(Cl)c(OC2CCCC2)c(OC)c1. The summed E-state index contributed by atoms with van der Waals surface area (Å²) in [5.74, 6) is 1.38. The van der Waals surface area contributed by atoms with Gasteiger partial charge in [-0.1, -0.05) is 11.6 Å². The van der Waals surface area contributed by atoms with Gasteiger partial charge in [0.2, 0.25) is 0 Å². The van der Waals surface area contributed by atoms with Gasteiger partial charge < -0.3 is 19.5 Å². The third-order valence-electron chi connectivity index (χ3n) is 3.69. The Morgan fingerprint density at radius 2 is 2.00 bits per heavy atom. The average Bonchev–Trinajstić information content (AvgIpc) is 2.99. The van der Waals surface area contributed by atoms with Gasteiger partial charge in [-0.2, -0.15) is 0 Å². The van der Waals surface area contributed by atoms with Crippen molar-refractivity contribution in [2.45, 2.75) is 38.3 Å². The fourth-order valence-corrected chi connectivity index (χ4v) is 2.85. The van der Waals surface area contributed by atoms with Crippen molar-refractivity contribution in [2.24, 2.45) is 0 Å². The monoisotopic (exact) mass is 313 g/mol. The lowest BCUT2D eigenvalue weighted by Crippen LogP contribution is -2.18. The Labute approximate surface area is 131 Å². The van der Waals surface area contributed by atoms with Gasteiger partial charge in [-0.05, 0) is 43.4 Å². The van der Waals surface area contributed by atoms with Crippen LogP contribution in [0.25, 0.3) is 0 Å². The van der Waals surface area contributed by atoms with Crippen LogP contribution in [0.5, 0.6) is 11.5 Å². The van der Waals surface area contributed by atoms with E-state index in [2.05, 4.69) is 5.32 Å². The molecule has 1 saturated carbocycles. The summed E-state index contributed by atoms with van der Waals surface area (Å²) in [6.07, 6.45) is 4.92. The highest BCUT2D eigenvalue weighted by molar-refractivity contribution is 6.32. The Balaban J connectivity index is 2.03. The van der Waals surface area contributed by atoms with Gasteiger partial charge in [-0.15, -0.1) is 0 Å². The van der Waals surface area contributed by atoms with E-state index in [9.17, 15) is 0 Å². The molecule has 0 heterocycles. The molecule has 1 aromatic rings. The van der Waals surface area contributed by atoms with Gasteiger partial charge in [0.25, 0.3) is 0 Å². The average molecular weight is 314 g/mol. The van der Waals surface area contributed by atoms with Crippen LogP contribution in [0.2, 0.25) is 5.02 Å². The topological polar surface area (TPSA) is 39.7 Å². The summed E-state index contributed by atoms with van der Waals surface area (Å²) in [6, 6.07) is 3.92. The number of hydrogen-bond acceptors (Lipinski definition) is 4. The van der Waals surface area contributed by atoms with Crippen LogP contribution >= 0.6 is 11.6 Å². The number of ether oxygens (including phenoxy) is 3. The quantitative estimate of drug-likeness (QED) is 0.747. The molecule has 0 radical (unpaired) electrons. The summed E-state index contributed by atoms with van der Waals surface area (Å²) in [4.78, 5) is 0. The van der Waals surface area contributed by atoms with E-state index in [1.807, 2.05) is 12.1 Å². The number of benzene rings is 1. The van der Waals surface area contributed by atoms with Crippen LogP contribution in [-0.4, -0.2) is 33.5 Å². The van der Waals surface area contributed by atoms with E-state index < -0.39 is 0 Å². The highest BCUT2D eigenvalue weighted by Crippen LogP contribution is 2.38. The van der Waals surface area contributed by atoms with Crippen LogP contribution < -0.4 is 14.8 Å². The van der Waals surface area contributed by atoms with E-state index in [0.29, 0.717) is 23.1 Å². The predicted octanol–water partition coefficient (Wildman–Crippen LogP) is 3.41. The van der Waals surface area contributed by atoms with Crippen molar-refractivity contribution in [1.29, 1.82) is 0 Å². The molecule has 1 N–H and O–H groups in total. The second kappa shape index (κ2) is 8.47. The normalized spacial score (nSPS) is 15.4. The van der Waals surface area contributed by atoms with Gasteiger partial charge in [0.15, 0.2) is 11.5 Å². The van der Waals surface area contributed by atoms with Crippen LogP contribution in [0, 0.1) is 0 Å². The Hall–Kier alpha value is -0.970. The summed E-state index contributed by atoms with van der Waals surface area (Å²) in [5.41, 5.74) is 1.08. The van der Waals surface area contributed by atoms with Crippen molar-refractivity contribution in [2.75, 3.05) is 27.4 Å². The molecular weight excluding hydrogens is 290 g/mol. The molecule has 0 saturated heterocycles. The van der Waals surface area contributed by atoms with E-state index in [-0.39, 0.29) is 6.10 Å². The maximum atomic E-state index is 6.37. The van der Waals surface area contributed by atoms with Gasteiger partial charge in [-0.3, -0.25) is 0 Å². The molecule has 1 fully saturated rings. The molecule has 2 rings (SSSR count). The van der Waals surface area contributed by atoms with Crippen molar-refractivity contribution >= 4 is 11.6 Å². The molecule has 0 unspecified atom stereocenters. The highest BCUT2D eigenvalue weighted by atomic mass is 35.5. The van der Waals surface area contributed by atoms with E-state index in [4.69, 9.17) is 25.8 Å². The van der Waals surface area contributed by atoms with Crippen LogP contribution in [-0.2, 0) is 11.3 Å². The third-order valence-corrected chi connectivity index (χ3v) is 3.97. The summed E-state index contributed by atoms with van der Waals surface area (Å²) in [6.45, 7) is 2.22. The minimum atomic E-state index is 0.266. The Morgan fingerprint density at radius 3 is 2.67 bits per heavy atom. The first-order valence-corrected chi connectivity index (χ1v) is 7.85. The number of halogens is 1. The van der Waals surface area contributed by atoms with Crippen molar-refractivity contribution in [3.63, 3.8) is 0 Å². The Kier molecular flexibility index (Phi) is 6.61. The van der Waals surface area contributed by atoms with Gasteiger partial charge in [0.05, 0.1) is 24.8 Å². The number of hydrogen-bond donors (Lipinski definition) is 1. The molecule has 1 aliphatic rings. The largest absolute Gasteiger partial charge is 0.493 e. The molecule has 21 heavy (non-hydrogen) atoms. The fraction of sp³-hybridized carbons (Fsp3) is 0.625. The first-order valence-electron chi connectivity index (χ1n) is 7.47. The first-order chi connectivity index (χ1) is 10.2. The molecular formula is C16H24ClNO3. The molecule has 0 spiro atoms. The van der Waals surface area contributed by atoms with Crippen molar-refractivity contribution in [3.8, 4) is 11.5 Å². The summed E-state index contributed by atoms with van der Waals surface area (Å²) >= 11 is 6.37. The lowest BCUT2D eigenvalue weighted by molar-refractivity contribution is 0.198. The van der Waals surface area contributed by atoms with Crippen molar-refractivity contribution < 1.29 is 14.2 Å². The van der Waals surface area contributed by atoms with Crippen molar-refractivity contribution in [1.82, 2.24) is 5.32 Å². The summed E-state index contributed by atoms with van der Waals surface area (Å²) in [5, 5.41) is 3.91. The van der Waals surface area contributed by atoms with Crippen LogP contribution in [0.1, 0.15) is 31.2 Å². The lowest BCUT2D eigenvalue weighted by Gasteiger charge is -2.18. The molecule has 118 valence electrons. The Bertz CT molecular complexity index is 447. The number of nitrogens with one attached hydrogen (secondary N) is 1. The molecule has 0 atom stereocenters. The van der Waals surface area contributed by atoms with Crippen LogP contribution in [0.15, 0.2) is 12.1 Å². The highest BCUT2D eigenvalue weighted by Gasteiger charge is 2.20. The predicted molar refractivity (Wildman–Crippen MR) is 84.5 cm³/mol. The zero-order valence-electron chi connectivity index (χ0n) is 12.8. The van der Waals surface area contributed by atoms with E-state index >= 15 is 0 Å². The number of rotatable bonds is 8. The fourth-order valence-electron chi connectivity index (χ4n) is 2.57. The van der Waals surface area contributed by atoms with E-state index in [0.717, 1.165) is 31.5 Å². The minimum absolute atomic E-state index is 0.266. The zero-order valence-corrected chi connectivity index (χ0v) is 13.5. The minimum Gasteiger partial charge on any atom is -0.493 e. The lowest BCUT2D eigenvalue weighted by atomic mass is 10.2. The van der Waals surface area contributed by atoms with Gasteiger partial charge in [-0.25, -0.2) is 0 Å². The van der Waals surface area contributed by atoms with E-state index in [1.54, 1.807) is 14.2 Å². The first kappa shape index (κ1) is 16.4. The smallest absolute Gasteiger partial charge is 0.180 e. The maximum Gasteiger partial charge on any atom is 0.180 e.